The summed E-state index contributed by atoms with van der Waals surface area (Å²) in [6.07, 6.45) is -1.45. The molecule has 5 rings (SSSR count). The van der Waals surface area contributed by atoms with Crippen LogP contribution in [0.15, 0.2) is 60.8 Å². The van der Waals surface area contributed by atoms with Crippen molar-refractivity contribution in [1.29, 1.82) is 0 Å². The number of nitrogens with one attached hydrogen (secondary N) is 1. The van der Waals surface area contributed by atoms with E-state index in [0.29, 0.717) is 48.1 Å². The Morgan fingerprint density at radius 1 is 1.08 bits per heavy atom. The van der Waals surface area contributed by atoms with Crippen LogP contribution in [0.1, 0.15) is 45.4 Å². The van der Waals surface area contributed by atoms with Crippen molar-refractivity contribution in [2.24, 2.45) is 0 Å². The molecule has 1 aliphatic rings. The lowest BCUT2D eigenvalue weighted by atomic mass is 9.97. The van der Waals surface area contributed by atoms with Gasteiger partial charge in [-0.2, -0.15) is 0 Å². The fourth-order valence-electron chi connectivity index (χ4n) is 4.79. The van der Waals surface area contributed by atoms with Crippen molar-refractivity contribution in [3.8, 4) is 5.75 Å². The lowest BCUT2D eigenvalue weighted by Gasteiger charge is -2.29. The largest absolute Gasteiger partial charge is 0.573 e. The van der Waals surface area contributed by atoms with Crippen LogP contribution in [0.4, 0.5) is 13.2 Å². The van der Waals surface area contributed by atoms with Crippen LogP contribution in [-0.4, -0.2) is 33.1 Å². The molecule has 0 aliphatic carbocycles. The lowest BCUT2D eigenvalue weighted by Crippen LogP contribution is -2.30. The Labute approximate surface area is 223 Å². The van der Waals surface area contributed by atoms with Crippen LogP contribution in [0.2, 0.25) is 5.02 Å². The molecule has 3 heterocycles. The zero-order valence-corrected chi connectivity index (χ0v) is 21.4. The van der Waals surface area contributed by atoms with Crippen LogP contribution in [0, 0.1) is 0 Å². The number of pyridine rings is 1. The minimum Gasteiger partial charge on any atom is -0.406 e. The zero-order valence-electron chi connectivity index (χ0n) is 20.7. The zero-order chi connectivity index (χ0) is 26.9. The molecule has 1 amide bonds. The Kier molecular flexibility index (Phi) is 7.32. The van der Waals surface area contributed by atoms with Crippen molar-refractivity contribution in [3.63, 3.8) is 0 Å². The summed E-state index contributed by atoms with van der Waals surface area (Å²) in [5.41, 5.74) is 6.19. The smallest absolute Gasteiger partial charge is 0.406 e. The number of carbonyl (C=O) groups is 1. The second-order valence-corrected chi connectivity index (χ2v) is 9.71. The molecule has 0 unspecified atom stereocenters. The van der Waals surface area contributed by atoms with Crippen LogP contribution in [-0.2, 0) is 32.5 Å². The summed E-state index contributed by atoms with van der Waals surface area (Å²) in [7, 11) is 0. The summed E-state index contributed by atoms with van der Waals surface area (Å²) >= 11 is 6.09. The molecule has 2 aromatic heterocycles. The summed E-state index contributed by atoms with van der Waals surface area (Å²) in [5, 5.41) is 3.59. The van der Waals surface area contributed by atoms with E-state index in [9.17, 15) is 18.0 Å². The van der Waals surface area contributed by atoms with Gasteiger partial charge in [0.15, 0.2) is 0 Å². The van der Waals surface area contributed by atoms with Crippen LogP contribution < -0.4 is 10.1 Å². The number of benzene rings is 2. The van der Waals surface area contributed by atoms with Gasteiger partial charge < -0.3 is 10.1 Å². The highest BCUT2D eigenvalue weighted by Gasteiger charge is 2.31. The van der Waals surface area contributed by atoms with Crippen molar-refractivity contribution in [1.82, 2.24) is 19.6 Å². The number of nitrogens with zero attached hydrogens (tertiary/aromatic N) is 3. The van der Waals surface area contributed by atoms with Crippen molar-refractivity contribution >= 4 is 23.2 Å². The summed E-state index contributed by atoms with van der Waals surface area (Å²) in [6.45, 7) is 4.51. The summed E-state index contributed by atoms with van der Waals surface area (Å²) in [6, 6.07) is 15.7. The number of ether oxygens (including phenoxy) is 1. The van der Waals surface area contributed by atoms with Gasteiger partial charge in [-0.15, -0.1) is 13.2 Å². The first kappa shape index (κ1) is 26.1. The molecule has 2 aromatic carbocycles. The Morgan fingerprint density at radius 2 is 1.84 bits per heavy atom. The van der Waals surface area contributed by atoms with Gasteiger partial charge in [0.2, 0.25) is 0 Å². The molecule has 0 saturated carbocycles. The molecule has 1 N–H and O–H groups in total. The molecule has 0 fully saturated rings. The molecule has 6 nitrogen and oxygen atoms in total. The number of fused-ring (bicyclic) bond motifs is 2. The maximum absolute atomic E-state index is 13.1. The predicted octanol–water partition coefficient (Wildman–Crippen LogP) is 5.94. The third-order valence-corrected chi connectivity index (χ3v) is 6.82. The Hall–Kier alpha value is -3.56. The number of imidazole rings is 1. The minimum absolute atomic E-state index is 0.200. The molecular weight excluding hydrogens is 517 g/mol. The third kappa shape index (κ3) is 5.95. The van der Waals surface area contributed by atoms with E-state index in [-0.39, 0.29) is 11.7 Å². The SMILES string of the molecule is CCc1nc2cc(Cl)ccn2c1C(=O)NCc1ccc2c(c1)CN(Cc1ccc(OC(F)(F)F)cc1)CC2. The number of hydrogen-bond acceptors (Lipinski definition) is 4. The van der Waals surface area contributed by atoms with E-state index in [1.807, 2.05) is 13.0 Å². The van der Waals surface area contributed by atoms with Crippen LogP contribution in [0.25, 0.3) is 5.65 Å². The standard InChI is InChI=1S/C28H26ClF3N4O2/c1-2-24-26(36-12-10-22(29)14-25(36)34-24)27(37)33-15-19-3-6-20-9-11-35(17-21(20)13-19)16-18-4-7-23(8-5-18)38-28(30,31)32/h3-8,10,12-14H,2,9,11,15-17H2,1H3,(H,33,37). The van der Waals surface area contributed by atoms with Gasteiger partial charge in [-0.05, 0) is 53.3 Å². The van der Waals surface area contributed by atoms with Gasteiger partial charge in [-0.25, -0.2) is 4.98 Å². The van der Waals surface area contributed by atoms with E-state index in [1.54, 1.807) is 34.9 Å². The number of aryl methyl sites for hydroxylation is 1. The number of carbonyl (C=O) groups excluding carboxylic acids is 1. The molecule has 0 spiro atoms. The monoisotopic (exact) mass is 542 g/mol. The molecule has 0 atom stereocenters. The van der Waals surface area contributed by atoms with E-state index in [1.165, 1.54) is 23.3 Å². The normalized spacial score (nSPS) is 13.9. The van der Waals surface area contributed by atoms with Gasteiger partial charge in [0.05, 0.1) is 5.69 Å². The number of rotatable bonds is 7. The fraction of sp³-hybridized carbons (Fsp3) is 0.286. The van der Waals surface area contributed by atoms with Crippen LogP contribution in [0.5, 0.6) is 5.75 Å². The number of alkyl halides is 3. The number of amides is 1. The van der Waals surface area contributed by atoms with Gasteiger partial charge in [-0.3, -0.25) is 14.1 Å². The van der Waals surface area contributed by atoms with E-state index in [4.69, 9.17) is 11.6 Å². The second-order valence-electron chi connectivity index (χ2n) is 9.27. The highest BCUT2D eigenvalue weighted by atomic mass is 35.5. The van der Waals surface area contributed by atoms with Gasteiger partial charge in [-0.1, -0.05) is 48.9 Å². The fourth-order valence-corrected chi connectivity index (χ4v) is 4.94. The Morgan fingerprint density at radius 3 is 2.58 bits per heavy atom. The first-order valence-electron chi connectivity index (χ1n) is 12.3. The van der Waals surface area contributed by atoms with E-state index in [2.05, 4.69) is 32.1 Å². The Bertz CT molecular complexity index is 1470. The van der Waals surface area contributed by atoms with Gasteiger partial charge >= 0.3 is 6.36 Å². The van der Waals surface area contributed by atoms with E-state index in [0.717, 1.165) is 24.1 Å². The van der Waals surface area contributed by atoms with Gasteiger partial charge in [0, 0.05) is 43.5 Å². The van der Waals surface area contributed by atoms with Crippen molar-refractivity contribution in [2.75, 3.05) is 6.54 Å². The first-order chi connectivity index (χ1) is 18.2. The van der Waals surface area contributed by atoms with Gasteiger partial charge in [0.25, 0.3) is 5.91 Å². The van der Waals surface area contributed by atoms with Crippen molar-refractivity contribution < 1.29 is 22.7 Å². The number of hydrogen-bond donors (Lipinski definition) is 1. The second kappa shape index (κ2) is 10.7. The molecule has 0 saturated heterocycles. The average molecular weight is 543 g/mol. The van der Waals surface area contributed by atoms with E-state index >= 15 is 0 Å². The summed E-state index contributed by atoms with van der Waals surface area (Å²) in [5.74, 6) is -0.426. The molecular formula is C28H26ClF3N4O2. The molecule has 1 aliphatic heterocycles. The molecule has 0 bridgehead atoms. The highest BCUT2D eigenvalue weighted by Crippen LogP contribution is 2.25. The molecule has 4 aromatic rings. The summed E-state index contributed by atoms with van der Waals surface area (Å²) in [4.78, 5) is 19.9. The number of halogens is 4. The van der Waals surface area contributed by atoms with E-state index < -0.39 is 6.36 Å². The predicted molar refractivity (Wildman–Crippen MR) is 138 cm³/mol. The molecule has 10 heteroatoms. The Balaban J connectivity index is 1.23. The number of aromatic nitrogens is 2. The third-order valence-electron chi connectivity index (χ3n) is 6.59. The quantitative estimate of drug-likeness (QED) is 0.314. The first-order valence-corrected chi connectivity index (χ1v) is 12.7. The van der Waals surface area contributed by atoms with Crippen molar-refractivity contribution in [3.05, 3.63) is 99.5 Å². The maximum atomic E-state index is 13.1. The van der Waals surface area contributed by atoms with Crippen molar-refractivity contribution in [2.45, 2.75) is 45.8 Å². The van der Waals surface area contributed by atoms with Crippen LogP contribution in [0.3, 0.4) is 0 Å². The average Bonchev–Trinajstić information content (AvgIpc) is 3.25. The van der Waals surface area contributed by atoms with Crippen LogP contribution >= 0.6 is 11.6 Å². The molecule has 38 heavy (non-hydrogen) atoms. The summed E-state index contributed by atoms with van der Waals surface area (Å²) < 4.78 is 42.9. The topological polar surface area (TPSA) is 58.9 Å². The molecule has 198 valence electrons. The lowest BCUT2D eigenvalue weighted by molar-refractivity contribution is -0.274. The molecule has 0 radical (unpaired) electrons. The van der Waals surface area contributed by atoms with Gasteiger partial charge in [0.1, 0.15) is 17.1 Å². The minimum atomic E-state index is -4.70. The highest BCUT2D eigenvalue weighted by molar-refractivity contribution is 6.30. The maximum Gasteiger partial charge on any atom is 0.573 e.